The van der Waals surface area contributed by atoms with E-state index in [1.54, 1.807) is 24.8 Å². The van der Waals surface area contributed by atoms with Crippen molar-refractivity contribution < 1.29 is 9.18 Å². The first kappa shape index (κ1) is 27.7. The second-order valence-electron chi connectivity index (χ2n) is 11.5. The molecule has 10 nitrogen and oxygen atoms in total. The lowest BCUT2D eigenvalue weighted by Crippen LogP contribution is -2.28. The Morgan fingerprint density at radius 1 is 0.955 bits per heavy atom. The summed E-state index contributed by atoms with van der Waals surface area (Å²) < 4.78 is 14.7. The van der Waals surface area contributed by atoms with Crippen molar-refractivity contribution in [3.63, 3.8) is 0 Å². The van der Waals surface area contributed by atoms with Crippen LogP contribution < -0.4 is 10.6 Å². The van der Waals surface area contributed by atoms with E-state index in [9.17, 15) is 9.18 Å². The van der Waals surface area contributed by atoms with Crippen LogP contribution >= 0.6 is 0 Å². The first-order valence-electron chi connectivity index (χ1n) is 14.7. The summed E-state index contributed by atoms with van der Waals surface area (Å²) in [4.78, 5) is 31.4. The second-order valence-corrected chi connectivity index (χ2v) is 11.5. The number of amides is 1. The maximum absolute atomic E-state index is 14.7. The number of halogens is 1. The first-order valence-corrected chi connectivity index (χ1v) is 14.7. The van der Waals surface area contributed by atoms with E-state index in [4.69, 9.17) is 0 Å². The summed E-state index contributed by atoms with van der Waals surface area (Å²) >= 11 is 0. The minimum absolute atomic E-state index is 0.0442. The highest BCUT2D eigenvalue weighted by atomic mass is 19.1. The van der Waals surface area contributed by atoms with Crippen molar-refractivity contribution in [1.29, 1.82) is 0 Å². The third kappa shape index (κ3) is 5.49. The molecule has 7 rings (SSSR count). The van der Waals surface area contributed by atoms with Crippen molar-refractivity contribution in [2.75, 3.05) is 37.8 Å². The second kappa shape index (κ2) is 11.5. The summed E-state index contributed by atoms with van der Waals surface area (Å²) in [5.41, 5.74) is 7.42. The van der Waals surface area contributed by atoms with Crippen molar-refractivity contribution in [2.45, 2.75) is 19.3 Å². The molecule has 1 aromatic carbocycles. The van der Waals surface area contributed by atoms with Crippen molar-refractivity contribution in [1.82, 2.24) is 35.0 Å². The molecule has 1 aliphatic rings. The normalized spacial score (nSPS) is 13.5. The summed E-state index contributed by atoms with van der Waals surface area (Å²) in [6.07, 6.45) is 9.86. The van der Waals surface area contributed by atoms with Crippen molar-refractivity contribution in [3.05, 3.63) is 73.1 Å². The van der Waals surface area contributed by atoms with E-state index in [2.05, 4.69) is 45.7 Å². The molecule has 0 aliphatic heterocycles. The fraction of sp³-hybridized carbons (Fsp3) is 0.242. The molecular weight excluding hydrogens is 557 g/mol. The number of aromatic nitrogens is 6. The SMILES string of the molecule is CN(C)CCNc1cc(F)cc(-c2ccnc3[nH]c(-c4n[nH]c5ncc(-c6cncc(NC(=O)C7CCC7)c6)cc45)cc23)c1. The highest BCUT2D eigenvalue weighted by molar-refractivity contribution is 6.00. The number of anilines is 2. The molecule has 0 spiro atoms. The molecule has 0 atom stereocenters. The van der Waals surface area contributed by atoms with Gasteiger partial charge in [0.2, 0.25) is 5.91 Å². The van der Waals surface area contributed by atoms with E-state index in [0.29, 0.717) is 29.2 Å². The van der Waals surface area contributed by atoms with Crippen LogP contribution in [0.4, 0.5) is 15.8 Å². The van der Waals surface area contributed by atoms with Gasteiger partial charge in [0.05, 0.1) is 17.6 Å². The van der Waals surface area contributed by atoms with Gasteiger partial charge in [-0.1, -0.05) is 6.42 Å². The third-order valence-corrected chi connectivity index (χ3v) is 8.12. The number of aromatic amines is 2. The molecule has 5 aromatic heterocycles. The Morgan fingerprint density at radius 3 is 2.61 bits per heavy atom. The van der Waals surface area contributed by atoms with E-state index >= 15 is 0 Å². The van der Waals surface area contributed by atoms with Gasteiger partial charge in [-0.3, -0.25) is 14.9 Å². The zero-order chi connectivity index (χ0) is 30.2. The molecule has 1 amide bonds. The van der Waals surface area contributed by atoms with Gasteiger partial charge in [-0.15, -0.1) is 0 Å². The first-order chi connectivity index (χ1) is 21.4. The molecule has 5 heterocycles. The summed E-state index contributed by atoms with van der Waals surface area (Å²) in [6, 6.07) is 12.8. The minimum Gasteiger partial charge on any atom is -0.384 e. The molecule has 1 aliphatic carbocycles. The van der Waals surface area contributed by atoms with Crippen LogP contribution in [0.2, 0.25) is 0 Å². The quantitative estimate of drug-likeness (QED) is 0.161. The number of hydrogen-bond donors (Lipinski definition) is 4. The van der Waals surface area contributed by atoms with Gasteiger partial charge >= 0.3 is 0 Å². The van der Waals surface area contributed by atoms with Gasteiger partial charge in [-0.2, -0.15) is 5.10 Å². The summed E-state index contributed by atoms with van der Waals surface area (Å²) in [7, 11) is 4.00. The van der Waals surface area contributed by atoms with Crippen molar-refractivity contribution in [2.24, 2.45) is 5.92 Å². The maximum atomic E-state index is 14.7. The number of rotatable bonds is 9. The largest absolute Gasteiger partial charge is 0.384 e. The number of carbonyl (C=O) groups is 1. The molecule has 0 unspecified atom stereocenters. The summed E-state index contributed by atoms with van der Waals surface area (Å²) in [5, 5.41) is 15.6. The topological polar surface area (TPSA) is 128 Å². The zero-order valence-electron chi connectivity index (χ0n) is 24.5. The van der Waals surface area contributed by atoms with Gasteiger partial charge in [0.1, 0.15) is 17.2 Å². The number of likely N-dealkylation sites (N-methyl/N-ethyl adjacent to an activating group) is 1. The Hall–Kier alpha value is -5.16. The van der Waals surface area contributed by atoms with Gasteiger partial charge in [0.15, 0.2) is 5.65 Å². The van der Waals surface area contributed by atoms with Crippen LogP contribution in [0, 0.1) is 11.7 Å². The highest BCUT2D eigenvalue weighted by Crippen LogP contribution is 2.35. The monoisotopic (exact) mass is 589 g/mol. The van der Waals surface area contributed by atoms with E-state index < -0.39 is 0 Å². The number of nitrogens with one attached hydrogen (secondary N) is 4. The smallest absolute Gasteiger partial charge is 0.227 e. The third-order valence-electron chi connectivity index (χ3n) is 8.12. The lowest BCUT2D eigenvalue weighted by molar-refractivity contribution is -0.122. The fourth-order valence-corrected chi connectivity index (χ4v) is 5.52. The predicted molar refractivity (Wildman–Crippen MR) is 171 cm³/mol. The lowest BCUT2D eigenvalue weighted by Gasteiger charge is -2.24. The molecule has 6 aromatic rings. The molecule has 44 heavy (non-hydrogen) atoms. The number of nitrogens with zero attached hydrogens (tertiary/aromatic N) is 5. The van der Waals surface area contributed by atoms with Crippen LogP contribution in [0.1, 0.15) is 19.3 Å². The number of benzene rings is 1. The molecule has 11 heteroatoms. The van der Waals surface area contributed by atoms with Crippen LogP contribution in [-0.2, 0) is 4.79 Å². The van der Waals surface area contributed by atoms with Gasteiger partial charge in [0, 0.05) is 65.2 Å². The van der Waals surface area contributed by atoms with Gasteiger partial charge in [0.25, 0.3) is 0 Å². The average Bonchev–Trinajstić information content (AvgIpc) is 3.59. The Kier molecular flexibility index (Phi) is 7.23. The molecule has 0 bridgehead atoms. The minimum atomic E-state index is -0.311. The summed E-state index contributed by atoms with van der Waals surface area (Å²) in [5.74, 6) is -0.180. The van der Waals surface area contributed by atoms with Crippen LogP contribution in [0.3, 0.4) is 0 Å². The number of hydrogen-bond acceptors (Lipinski definition) is 7. The molecule has 1 fully saturated rings. The van der Waals surface area contributed by atoms with E-state index in [0.717, 1.165) is 70.2 Å². The number of fused-ring (bicyclic) bond motifs is 2. The fourth-order valence-electron chi connectivity index (χ4n) is 5.52. The van der Waals surface area contributed by atoms with E-state index in [-0.39, 0.29) is 17.6 Å². The number of H-pyrrole nitrogens is 2. The van der Waals surface area contributed by atoms with Crippen molar-refractivity contribution in [3.8, 4) is 33.6 Å². The molecule has 0 radical (unpaired) electrons. The van der Waals surface area contributed by atoms with E-state index in [1.807, 2.05) is 44.4 Å². The predicted octanol–water partition coefficient (Wildman–Crippen LogP) is 6.08. The Labute approximate surface area is 253 Å². The number of pyridine rings is 3. The van der Waals surface area contributed by atoms with Crippen molar-refractivity contribution >= 4 is 39.3 Å². The Morgan fingerprint density at radius 2 is 1.80 bits per heavy atom. The molecular formula is C33H32FN9O. The summed E-state index contributed by atoms with van der Waals surface area (Å²) in [6.45, 7) is 1.54. The molecule has 1 saturated carbocycles. The van der Waals surface area contributed by atoms with Gasteiger partial charge in [-0.05, 0) is 80.5 Å². The average molecular weight is 590 g/mol. The zero-order valence-corrected chi connectivity index (χ0v) is 24.5. The molecule has 0 saturated heterocycles. The van der Waals surface area contributed by atoms with Gasteiger partial charge < -0.3 is 20.5 Å². The lowest BCUT2D eigenvalue weighted by atomic mass is 9.85. The Bertz CT molecular complexity index is 1990. The van der Waals surface area contributed by atoms with Crippen LogP contribution in [0.15, 0.2) is 67.3 Å². The highest BCUT2D eigenvalue weighted by Gasteiger charge is 2.25. The molecule has 222 valence electrons. The number of carbonyl (C=O) groups excluding carboxylic acids is 1. The maximum Gasteiger partial charge on any atom is 0.227 e. The Balaban J connectivity index is 1.21. The standard InChI is InChI=1S/C33H32FN9O/c1-43(2)9-8-36-24-11-20(10-23(34)14-24)26-6-7-37-31-27(26)15-29(40-31)30-28-13-22(17-38-32(28)42-41-30)21-12-25(18-35-16-21)39-33(44)19-4-3-5-19/h6-7,10-19,36H,3-5,8-9H2,1-2H3,(H,37,40)(H,39,44)(H,38,41,42). The molecule has 4 N–H and O–H groups in total. The van der Waals surface area contributed by atoms with E-state index in [1.165, 1.54) is 12.1 Å². The van der Waals surface area contributed by atoms with Gasteiger partial charge in [-0.25, -0.2) is 14.4 Å². The van der Waals surface area contributed by atoms with Crippen LogP contribution in [0.25, 0.3) is 55.7 Å². The van der Waals surface area contributed by atoms with Crippen LogP contribution in [0.5, 0.6) is 0 Å². The van der Waals surface area contributed by atoms with Crippen LogP contribution in [-0.4, -0.2) is 68.1 Å².